The molecule has 1 aliphatic carbocycles. The third kappa shape index (κ3) is 2.81. The van der Waals surface area contributed by atoms with E-state index < -0.39 is 37.5 Å². The summed E-state index contributed by atoms with van der Waals surface area (Å²) in [6, 6.07) is 1.75. The highest BCUT2D eigenvalue weighted by Crippen LogP contribution is 2.31. The molecule has 0 heterocycles. The van der Waals surface area contributed by atoms with Crippen LogP contribution in [0.25, 0.3) is 0 Å². The molecule has 0 bridgehead atoms. The summed E-state index contributed by atoms with van der Waals surface area (Å²) < 4.78 is 38.5. The van der Waals surface area contributed by atoms with Gasteiger partial charge >= 0.3 is 5.97 Å². The van der Waals surface area contributed by atoms with Gasteiger partial charge in [0.15, 0.2) is 9.84 Å². The number of carboxylic acid groups (broad SMARTS) is 1. The highest BCUT2D eigenvalue weighted by atomic mass is 35.5. The Morgan fingerprint density at radius 2 is 1.85 bits per heavy atom. The molecule has 110 valence electrons. The van der Waals surface area contributed by atoms with Crippen LogP contribution in [0.15, 0.2) is 17.0 Å². The summed E-state index contributed by atoms with van der Waals surface area (Å²) in [6.45, 7) is 0. The smallest absolute Gasteiger partial charge is 0.337 e. The molecule has 1 saturated carbocycles. The zero-order chi connectivity index (χ0) is 14.9. The lowest BCUT2D eigenvalue weighted by Crippen LogP contribution is -2.24. The van der Waals surface area contributed by atoms with Gasteiger partial charge in [-0.3, -0.25) is 0 Å². The van der Waals surface area contributed by atoms with E-state index in [9.17, 15) is 17.6 Å². The zero-order valence-electron chi connectivity index (χ0n) is 10.6. The van der Waals surface area contributed by atoms with Gasteiger partial charge in [0.1, 0.15) is 5.82 Å². The van der Waals surface area contributed by atoms with Gasteiger partial charge in [0.2, 0.25) is 0 Å². The Morgan fingerprint density at radius 1 is 1.25 bits per heavy atom. The summed E-state index contributed by atoms with van der Waals surface area (Å²) in [4.78, 5) is 10.7. The van der Waals surface area contributed by atoms with E-state index in [2.05, 4.69) is 0 Å². The number of carbonyl (C=O) groups is 1. The number of carboxylic acids is 1. The monoisotopic (exact) mass is 320 g/mol. The molecule has 1 aromatic rings. The minimum Gasteiger partial charge on any atom is -0.478 e. The normalized spacial score (nSPS) is 17.1. The highest BCUT2D eigenvalue weighted by Gasteiger charge is 2.30. The SMILES string of the molecule is O=C(O)c1cc(S(=O)(=O)C2CCCCC2)cc(F)c1Cl. The fourth-order valence-corrected chi connectivity index (χ4v) is 4.53. The van der Waals surface area contributed by atoms with Gasteiger partial charge in [-0.25, -0.2) is 17.6 Å². The van der Waals surface area contributed by atoms with Crippen LogP contribution < -0.4 is 0 Å². The number of hydrogen-bond acceptors (Lipinski definition) is 3. The maximum atomic E-state index is 13.6. The molecule has 7 heteroatoms. The van der Waals surface area contributed by atoms with E-state index in [0.29, 0.717) is 12.8 Å². The molecular weight excluding hydrogens is 307 g/mol. The van der Waals surface area contributed by atoms with Crippen molar-refractivity contribution in [2.24, 2.45) is 0 Å². The van der Waals surface area contributed by atoms with E-state index in [-0.39, 0.29) is 4.90 Å². The summed E-state index contributed by atoms with van der Waals surface area (Å²) in [7, 11) is -3.72. The van der Waals surface area contributed by atoms with Crippen molar-refractivity contribution in [1.82, 2.24) is 0 Å². The largest absolute Gasteiger partial charge is 0.478 e. The van der Waals surface area contributed by atoms with Crippen LogP contribution in [-0.4, -0.2) is 24.7 Å². The van der Waals surface area contributed by atoms with Crippen molar-refractivity contribution in [2.45, 2.75) is 42.2 Å². The average Bonchev–Trinajstić information content (AvgIpc) is 2.42. The lowest BCUT2D eigenvalue weighted by Gasteiger charge is -2.22. The molecule has 0 spiro atoms. The molecule has 1 N–H and O–H groups in total. The van der Waals surface area contributed by atoms with Crippen molar-refractivity contribution in [3.63, 3.8) is 0 Å². The first-order chi connectivity index (χ1) is 9.34. The average molecular weight is 321 g/mol. The Kier molecular flexibility index (Phi) is 4.34. The van der Waals surface area contributed by atoms with Crippen LogP contribution in [0.5, 0.6) is 0 Å². The summed E-state index contributed by atoms with van der Waals surface area (Å²) >= 11 is 5.55. The van der Waals surface area contributed by atoms with Gasteiger partial charge in [0, 0.05) is 0 Å². The van der Waals surface area contributed by atoms with Crippen LogP contribution in [0.3, 0.4) is 0 Å². The molecule has 20 heavy (non-hydrogen) atoms. The van der Waals surface area contributed by atoms with E-state index in [0.717, 1.165) is 31.4 Å². The number of benzene rings is 1. The first kappa shape index (κ1) is 15.3. The predicted octanol–water partition coefficient (Wildman–Crippen LogP) is 3.28. The molecule has 1 fully saturated rings. The van der Waals surface area contributed by atoms with Crippen LogP contribution in [0.2, 0.25) is 5.02 Å². The first-order valence-corrected chi connectivity index (χ1v) is 8.22. The second-order valence-corrected chi connectivity index (χ2v) is 7.48. The van der Waals surface area contributed by atoms with Gasteiger partial charge in [-0.15, -0.1) is 0 Å². The number of sulfone groups is 1. The van der Waals surface area contributed by atoms with Crippen LogP contribution in [0, 0.1) is 5.82 Å². The Morgan fingerprint density at radius 3 is 2.40 bits per heavy atom. The third-order valence-electron chi connectivity index (χ3n) is 3.55. The number of hydrogen-bond donors (Lipinski definition) is 1. The summed E-state index contributed by atoms with van der Waals surface area (Å²) in [5.74, 6) is -2.48. The van der Waals surface area contributed by atoms with E-state index in [1.807, 2.05) is 0 Å². The maximum absolute atomic E-state index is 13.6. The maximum Gasteiger partial charge on any atom is 0.337 e. The quantitative estimate of drug-likeness (QED) is 0.927. The number of aromatic carboxylic acids is 1. The van der Waals surface area contributed by atoms with Crippen LogP contribution in [0.4, 0.5) is 4.39 Å². The minimum atomic E-state index is -3.72. The highest BCUT2D eigenvalue weighted by molar-refractivity contribution is 7.92. The van der Waals surface area contributed by atoms with E-state index in [4.69, 9.17) is 16.7 Å². The van der Waals surface area contributed by atoms with E-state index in [1.165, 1.54) is 0 Å². The molecular formula is C13H14ClFO4S. The molecule has 0 aromatic heterocycles. The van der Waals surface area contributed by atoms with Crippen molar-refractivity contribution in [1.29, 1.82) is 0 Å². The Bertz CT molecular complexity index is 636. The van der Waals surface area contributed by atoms with Gasteiger partial charge in [0.25, 0.3) is 0 Å². The van der Waals surface area contributed by atoms with Gasteiger partial charge in [-0.2, -0.15) is 0 Å². The Balaban J connectivity index is 2.49. The van der Waals surface area contributed by atoms with Crippen molar-refractivity contribution < 1.29 is 22.7 Å². The first-order valence-electron chi connectivity index (χ1n) is 6.30. The van der Waals surface area contributed by atoms with Gasteiger partial charge in [0.05, 0.1) is 20.7 Å². The fraction of sp³-hybridized carbons (Fsp3) is 0.462. The lowest BCUT2D eigenvalue weighted by atomic mass is 10.0. The van der Waals surface area contributed by atoms with Crippen molar-refractivity contribution in [3.05, 3.63) is 28.5 Å². The van der Waals surface area contributed by atoms with Crippen LogP contribution >= 0.6 is 11.6 Å². The molecule has 0 atom stereocenters. The Hall–Kier alpha value is -1.14. The lowest BCUT2D eigenvalue weighted by molar-refractivity contribution is 0.0696. The minimum absolute atomic E-state index is 0.302. The molecule has 4 nitrogen and oxygen atoms in total. The number of halogens is 2. The molecule has 0 radical (unpaired) electrons. The Labute approximate surface area is 121 Å². The van der Waals surface area contributed by atoms with Crippen molar-refractivity contribution in [2.75, 3.05) is 0 Å². The number of rotatable bonds is 3. The van der Waals surface area contributed by atoms with E-state index in [1.54, 1.807) is 0 Å². The molecule has 0 amide bonds. The molecule has 0 aliphatic heterocycles. The van der Waals surface area contributed by atoms with Gasteiger partial charge in [-0.05, 0) is 25.0 Å². The van der Waals surface area contributed by atoms with Crippen LogP contribution in [-0.2, 0) is 9.84 Å². The second-order valence-electron chi connectivity index (χ2n) is 4.88. The zero-order valence-corrected chi connectivity index (χ0v) is 12.2. The van der Waals surface area contributed by atoms with Crippen molar-refractivity contribution >= 4 is 27.4 Å². The third-order valence-corrected chi connectivity index (χ3v) is 6.18. The molecule has 1 aromatic carbocycles. The molecule has 2 rings (SSSR count). The van der Waals surface area contributed by atoms with E-state index >= 15 is 0 Å². The fourth-order valence-electron chi connectivity index (χ4n) is 2.45. The van der Waals surface area contributed by atoms with Gasteiger partial charge < -0.3 is 5.11 Å². The second kappa shape index (κ2) is 5.69. The summed E-state index contributed by atoms with van der Waals surface area (Å²) in [5.41, 5.74) is -0.527. The molecule has 1 aliphatic rings. The summed E-state index contributed by atoms with van der Waals surface area (Å²) in [6.07, 6.45) is 3.66. The van der Waals surface area contributed by atoms with Crippen molar-refractivity contribution in [3.8, 4) is 0 Å². The topological polar surface area (TPSA) is 71.4 Å². The van der Waals surface area contributed by atoms with Gasteiger partial charge in [-0.1, -0.05) is 30.9 Å². The predicted molar refractivity (Wildman–Crippen MR) is 72.4 cm³/mol. The standard InChI is InChI=1S/C13H14ClFO4S/c14-12-10(13(16)17)6-9(7-11(12)15)20(18,19)8-4-2-1-3-5-8/h6-8H,1-5H2,(H,16,17). The van der Waals surface area contributed by atoms with Crippen LogP contribution in [0.1, 0.15) is 42.5 Å². The molecule has 0 unspecified atom stereocenters. The molecule has 0 saturated heterocycles. The summed E-state index contributed by atoms with van der Waals surface area (Å²) in [5, 5.41) is 7.80.